The van der Waals surface area contributed by atoms with Gasteiger partial charge in [-0.1, -0.05) is 52.4 Å². The first-order chi connectivity index (χ1) is 14.1. The predicted octanol–water partition coefficient (Wildman–Crippen LogP) is 6.30. The van der Waals surface area contributed by atoms with Crippen molar-refractivity contribution in [3.05, 3.63) is 44.5 Å². The van der Waals surface area contributed by atoms with Gasteiger partial charge in [0.25, 0.3) is 0 Å². The lowest BCUT2D eigenvalue weighted by Gasteiger charge is -1.98. The Hall–Kier alpha value is -1.04. The Balaban J connectivity index is 1.74. The first-order valence-electron chi connectivity index (χ1n) is 10.8. The van der Waals surface area contributed by atoms with Gasteiger partial charge in [0.05, 0.1) is 0 Å². The molecule has 5 heteroatoms. The third-order valence-corrected chi connectivity index (χ3v) is 8.65. The fourth-order valence-corrected chi connectivity index (χ4v) is 6.55. The molecule has 1 aromatic rings. The smallest absolute Gasteiger partial charge is 0.220 e. The molecule has 0 saturated carbocycles. The molecule has 0 fully saturated rings. The molecule has 1 aromatic heterocycles. The van der Waals surface area contributed by atoms with Gasteiger partial charge in [-0.15, -0.1) is 11.3 Å². The third kappa shape index (κ3) is 6.22. The van der Waals surface area contributed by atoms with Crippen molar-refractivity contribution in [1.82, 2.24) is 0 Å². The van der Waals surface area contributed by atoms with Gasteiger partial charge < -0.3 is 0 Å². The highest BCUT2D eigenvalue weighted by Crippen LogP contribution is 2.35. The molecular formula is C24H30O2S3. The molecule has 0 amide bonds. The van der Waals surface area contributed by atoms with E-state index in [2.05, 4.69) is 38.1 Å². The molecule has 29 heavy (non-hydrogen) atoms. The highest BCUT2D eigenvalue weighted by molar-refractivity contribution is 8.22. The summed E-state index contributed by atoms with van der Waals surface area (Å²) in [6, 6.07) is 4.19. The molecule has 0 aromatic carbocycles. The van der Waals surface area contributed by atoms with Crippen molar-refractivity contribution < 1.29 is 9.59 Å². The first-order valence-corrected chi connectivity index (χ1v) is 13.3. The lowest BCUT2D eigenvalue weighted by molar-refractivity contribution is -0.108. The summed E-state index contributed by atoms with van der Waals surface area (Å²) in [4.78, 5) is 26.8. The van der Waals surface area contributed by atoms with Gasteiger partial charge in [0.2, 0.25) is 10.2 Å². The Morgan fingerprint density at radius 3 is 1.52 bits per heavy atom. The summed E-state index contributed by atoms with van der Waals surface area (Å²) in [6.45, 7) is 4.41. The highest BCUT2D eigenvalue weighted by atomic mass is 32.2. The van der Waals surface area contributed by atoms with Crippen LogP contribution in [0.15, 0.2) is 35.4 Å². The van der Waals surface area contributed by atoms with E-state index >= 15 is 0 Å². The van der Waals surface area contributed by atoms with Crippen LogP contribution in [0.25, 0.3) is 9.81 Å². The molecule has 3 rings (SSSR count). The number of thiophene rings is 1. The molecule has 2 nitrogen and oxygen atoms in total. The lowest BCUT2D eigenvalue weighted by atomic mass is 10.1. The zero-order valence-corrected chi connectivity index (χ0v) is 19.9. The molecule has 2 aliphatic heterocycles. The van der Waals surface area contributed by atoms with E-state index in [4.69, 9.17) is 0 Å². The minimum Gasteiger partial charge on any atom is -0.282 e. The molecule has 156 valence electrons. The van der Waals surface area contributed by atoms with E-state index in [1.807, 2.05) is 0 Å². The summed E-state index contributed by atoms with van der Waals surface area (Å²) in [5.74, 6) is 0. The van der Waals surface area contributed by atoms with E-state index in [-0.39, 0.29) is 10.2 Å². The second kappa shape index (κ2) is 11.4. The highest BCUT2D eigenvalue weighted by Gasteiger charge is 2.22. The molecule has 0 aliphatic carbocycles. The van der Waals surface area contributed by atoms with Gasteiger partial charge in [0.1, 0.15) is 0 Å². The molecule has 3 heterocycles. The summed E-state index contributed by atoms with van der Waals surface area (Å²) in [5, 5.41) is 0.414. The normalized spacial score (nSPS) is 20.5. The van der Waals surface area contributed by atoms with Crippen molar-refractivity contribution in [2.24, 2.45) is 0 Å². The summed E-state index contributed by atoms with van der Waals surface area (Å²) >= 11 is 4.41. The van der Waals surface area contributed by atoms with E-state index in [9.17, 15) is 9.59 Å². The molecule has 0 spiro atoms. The SMILES string of the molecule is CCCCCCC1=C/C(=c2/cc/c(=C3/C=C(CCCCCC)C(=O)S3)s2)SC1=O. The molecule has 0 N–H and O–H groups in total. The number of rotatable bonds is 10. The Morgan fingerprint density at radius 2 is 1.10 bits per heavy atom. The van der Waals surface area contributed by atoms with E-state index in [1.165, 1.54) is 62.0 Å². The fraction of sp³-hybridized carbons (Fsp3) is 0.500. The number of carbonyl (C=O) groups excluding carboxylic acids is 2. The fourth-order valence-electron chi connectivity index (χ4n) is 3.50. The van der Waals surface area contributed by atoms with Crippen molar-refractivity contribution in [1.29, 1.82) is 0 Å². The van der Waals surface area contributed by atoms with Crippen molar-refractivity contribution in [2.75, 3.05) is 0 Å². The maximum absolute atomic E-state index is 12.3. The van der Waals surface area contributed by atoms with Crippen LogP contribution in [-0.4, -0.2) is 10.2 Å². The number of hydrogen-bond acceptors (Lipinski definition) is 5. The minimum atomic E-state index is 0.207. The summed E-state index contributed by atoms with van der Waals surface area (Å²) in [6.07, 6.45) is 15.4. The molecule has 0 bridgehead atoms. The van der Waals surface area contributed by atoms with Crippen molar-refractivity contribution in [2.45, 2.75) is 78.1 Å². The van der Waals surface area contributed by atoms with Crippen LogP contribution in [0.2, 0.25) is 0 Å². The maximum atomic E-state index is 12.3. The molecule has 2 aliphatic rings. The Bertz CT molecular complexity index is 859. The quantitative estimate of drug-likeness (QED) is 0.395. The Kier molecular flexibility index (Phi) is 8.88. The first kappa shape index (κ1) is 22.6. The third-order valence-electron chi connectivity index (χ3n) is 5.23. The van der Waals surface area contributed by atoms with Crippen LogP contribution in [0.5, 0.6) is 0 Å². The Morgan fingerprint density at radius 1 is 0.655 bits per heavy atom. The van der Waals surface area contributed by atoms with E-state index in [0.29, 0.717) is 0 Å². The predicted molar refractivity (Wildman–Crippen MR) is 129 cm³/mol. The maximum Gasteiger partial charge on any atom is 0.220 e. The van der Waals surface area contributed by atoms with E-state index in [1.54, 1.807) is 11.3 Å². The molecule has 0 atom stereocenters. The topological polar surface area (TPSA) is 34.1 Å². The van der Waals surface area contributed by atoms with Gasteiger partial charge >= 0.3 is 0 Å². The van der Waals surface area contributed by atoms with Crippen molar-refractivity contribution in [3.8, 4) is 0 Å². The standard InChI is InChI=1S/C24H30O2S3/c1-3-5-7-9-11-17-15-21(28-23(17)25)19-13-14-20(27-19)22-16-18(24(26)29-22)12-10-8-6-4-2/h13-16H,3-12H2,1-2H3/b21-19+,22-20+. The van der Waals surface area contributed by atoms with Crippen molar-refractivity contribution in [3.63, 3.8) is 0 Å². The molecular weight excluding hydrogens is 416 g/mol. The van der Waals surface area contributed by atoms with Crippen LogP contribution in [0, 0.1) is 0 Å². The largest absolute Gasteiger partial charge is 0.282 e. The number of hydrogen-bond donors (Lipinski definition) is 0. The second-order valence-corrected chi connectivity index (χ2v) is 10.7. The van der Waals surface area contributed by atoms with Crippen LogP contribution in [0.4, 0.5) is 0 Å². The van der Waals surface area contributed by atoms with Gasteiger partial charge in [-0.05, 0) is 73.5 Å². The van der Waals surface area contributed by atoms with Gasteiger partial charge in [0.15, 0.2) is 0 Å². The van der Waals surface area contributed by atoms with Crippen LogP contribution in [-0.2, 0) is 9.59 Å². The molecule has 0 saturated heterocycles. The van der Waals surface area contributed by atoms with Gasteiger partial charge in [-0.25, -0.2) is 0 Å². The summed E-state index contributed by atoms with van der Waals surface area (Å²) < 4.78 is 2.26. The summed E-state index contributed by atoms with van der Waals surface area (Å²) in [7, 11) is 0. The van der Waals surface area contributed by atoms with Gasteiger partial charge in [0, 0.05) is 30.0 Å². The number of unbranched alkanes of at least 4 members (excludes halogenated alkanes) is 6. The average molecular weight is 447 g/mol. The second-order valence-electron chi connectivity index (χ2n) is 7.63. The van der Waals surface area contributed by atoms with Crippen LogP contribution in [0.1, 0.15) is 78.1 Å². The van der Waals surface area contributed by atoms with Crippen molar-refractivity contribution >= 4 is 54.9 Å². The zero-order valence-electron chi connectivity index (χ0n) is 17.4. The molecule has 0 unspecified atom stereocenters. The minimum absolute atomic E-state index is 0.207. The van der Waals surface area contributed by atoms with Crippen LogP contribution in [0.3, 0.4) is 0 Å². The monoisotopic (exact) mass is 446 g/mol. The average Bonchev–Trinajstić information content (AvgIpc) is 3.42. The number of carbonyl (C=O) groups is 2. The lowest BCUT2D eigenvalue weighted by Crippen LogP contribution is -1.97. The zero-order chi connectivity index (χ0) is 20.6. The van der Waals surface area contributed by atoms with Gasteiger partial charge in [-0.3, -0.25) is 9.59 Å². The summed E-state index contributed by atoms with van der Waals surface area (Å²) in [5.41, 5.74) is 1.92. The van der Waals surface area contributed by atoms with Crippen LogP contribution < -0.4 is 9.06 Å². The molecule has 0 radical (unpaired) electrons. The van der Waals surface area contributed by atoms with Gasteiger partial charge in [-0.2, -0.15) is 0 Å². The number of thioether (sulfide) groups is 2. The van der Waals surface area contributed by atoms with E-state index in [0.717, 1.165) is 55.7 Å². The van der Waals surface area contributed by atoms with Crippen LogP contribution >= 0.6 is 34.9 Å². The van der Waals surface area contributed by atoms with E-state index < -0.39 is 0 Å². The Labute approximate surface area is 186 Å².